The van der Waals surface area contributed by atoms with Crippen LogP contribution in [0.3, 0.4) is 0 Å². The molecule has 5 heteroatoms. The lowest BCUT2D eigenvalue weighted by Crippen LogP contribution is -2.39. The standard InChI is InChI=1S/C21H26N4O/c1-4-25-14(2)12-17(15(25)3)21(26)24-11-7-8-16(13-24)20-22-18-9-5-6-10-19(18)23-20/h5-6,9-10,12,16H,4,7-8,11,13H2,1-3H3,(H,22,23). The van der Waals surface area contributed by atoms with E-state index in [0.717, 1.165) is 66.3 Å². The van der Waals surface area contributed by atoms with Gasteiger partial charge in [0.2, 0.25) is 0 Å². The molecular formula is C21H26N4O. The predicted molar refractivity (Wildman–Crippen MR) is 104 cm³/mol. The molecule has 4 rings (SSSR count). The van der Waals surface area contributed by atoms with E-state index in [1.54, 1.807) is 0 Å². The molecular weight excluding hydrogens is 324 g/mol. The fourth-order valence-corrected chi connectivity index (χ4v) is 4.23. The lowest BCUT2D eigenvalue weighted by atomic mass is 9.96. The quantitative estimate of drug-likeness (QED) is 0.776. The van der Waals surface area contributed by atoms with E-state index >= 15 is 0 Å². The predicted octanol–water partition coefficient (Wildman–Crippen LogP) is 4.02. The third-order valence-electron chi connectivity index (χ3n) is 5.62. The number of aryl methyl sites for hydroxylation is 1. The van der Waals surface area contributed by atoms with Gasteiger partial charge >= 0.3 is 0 Å². The van der Waals surface area contributed by atoms with Gasteiger partial charge in [-0.2, -0.15) is 0 Å². The molecule has 0 bridgehead atoms. The van der Waals surface area contributed by atoms with Crippen LogP contribution in [0.2, 0.25) is 0 Å². The van der Waals surface area contributed by atoms with Gasteiger partial charge in [-0.1, -0.05) is 12.1 Å². The van der Waals surface area contributed by atoms with Crippen molar-refractivity contribution in [3.8, 4) is 0 Å². The lowest BCUT2D eigenvalue weighted by Gasteiger charge is -2.32. The monoisotopic (exact) mass is 350 g/mol. The Kier molecular flexibility index (Phi) is 4.31. The number of carbonyl (C=O) groups is 1. The molecule has 2 aromatic heterocycles. The summed E-state index contributed by atoms with van der Waals surface area (Å²) < 4.78 is 2.20. The number of H-pyrrole nitrogens is 1. The van der Waals surface area contributed by atoms with Crippen LogP contribution >= 0.6 is 0 Å². The van der Waals surface area contributed by atoms with Gasteiger partial charge in [0.15, 0.2) is 0 Å². The Morgan fingerprint density at radius 3 is 2.85 bits per heavy atom. The summed E-state index contributed by atoms with van der Waals surface area (Å²) in [6.45, 7) is 8.68. The highest BCUT2D eigenvalue weighted by Gasteiger charge is 2.29. The van der Waals surface area contributed by atoms with Gasteiger partial charge in [-0.15, -0.1) is 0 Å². The number of fused-ring (bicyclic) bond motifs is 1. The summed E-state index contributed by atoms with van der Waals surface area (Å²) in [5.74, 6) is 1.43. The molecule has 1 amide bonds. The topological polar surface area (TPSA) is 53.9 Å². The molecule has 1 fully saturated rings. The minimum absolute atomic E-state index is 0.151. The normalized spacial score (nSPS) is 17.8. The Balaban J connectivity index is 1.57. The van der Waals surface area contributed by atoms with E-state index in [4.69, 9.17) is 4.98 Å². The third kappa shape index (κ3) is 2.81. The Morgan fingerprint density at radius 1 is 1.31 bits per heavy atom. The van der Waals surface area contributed by atoms with Gasteiger partial charge in [-0.05, 0) is 51.8 Å². The number of nitrogens with one attached hydrogen (secondary N) is 1. The summed E-state index contributed by atoms with van der Waals surface area (Å²) in [6, 6.07) is 10.1. The van der Waals surface area contributed by atoms with Crippen LogP contribution in [-0.2, 0) is 6.54 Å². The van der Waals surface area contributed by atoms with E-state index in [1.807, 2.05) is 36.1 Å². The number of nitrogens with zero attached hydrogens (tertiary/aromatic N) is 3. The Labute approximate surface area is 154 Å². The average molecular weight is 350 g/mol. The molecule has 3 heterocycles. The number of rotatable bonds is 3. The number of piperidine rings is 1. The van der Waals surface area contributed by atoms with Gasteiger partial charge in [-0.25, -0.2) is 4.98 Å². The van der Waals surface area contributed by atoms with Crippen LogP contribution in [0.15, 0.2) is 30.3 Å². The molecule has 5 nitrogen and oxygen atoms in total. The molecule has 0 saturated carbocycles. The number of hydrogen-bond acceptors (Lipinski definition) is 2. The van der Waals surface area contributed by atoms with Crippen LogP contribution in [0.4, 0.5) is 0 Å². The molecule has 1 aliphatic heterocycles. The largest absolute Gasteiger partial charge is 0.349 e. The van der Waals surface area contributed by atoms with Gasteiger partial charge < -0.3 is 14.5 Å². The third-order valence-corrected chi connectivity index (χ3v) is 5.62. The zero-order valence-electron chi connectivity index (χ0n) is 15.7. The Hall–Kier alpha value is -2.56. The molecule has 136 valence electrons. The second kappa shape index (κ2) is 6.63. The van der Waals surface area contributed by atoms with E-state index < -0.39 is 0 Å². The Morgan fingerprint density at radius 2 is 2.12 bits per heavy atom. The van der Waals surface area contributed by atoms with Crippen molar-refractivity contribution in [2.75, 3.05) is 13.1 Å². The van der Waals surface area contributed by atoms with Crippen molar-refractivity contribution in [3.63, 3.8) is 0 Å². The maximum Gasteiger partial charge on any atom is 0.255 e. The second-order valence-corrected chi connectivity index (χ2v) is 7.26. The van der Waals surface area contributed by atoms with E-state index in [-0.39, 0.29) is 11.8 Å². The van der Waals surface area contributed by atoms with Crippen LogP contribution in [0.1, 0.15) is 53.3 Å². The number of aromatic amines is 1. The fourth-order valence-electron chi connectivity index (χ4n) is 4.23. The number of imidazole rings is 1. The maximum atomic E-state index is 13.1. The average Bonchev–Trinajstić information content (AvgIpc) is 3.22. The number of hydrogen-bond donors (Lipinski definition) is 1. The van der Waals surface area contributed by atoms with Crippen molar-refractivity contribution in [2.24, 2.45) is 0 Å². The van der Waals surface area contributed by atoms with Gasteiger partial charge in [0.25, 0.3) is 5.91 Å². The first-order valence-corrected chi connectivity index (χ1v) is 9.49. The second-order valence-electron chi connectivity index (χ2n) is 7.26. The SMILES string of the molecule is CCn1c(C)cc(C(=O)N2CCCC(c3nc4ccccc4[nH]3)C2)c1C. The number of carbonyl (C=O) groups excluding carboxylic acids is 1. The summed E-state index contributed by atoms with van der Waals surface area (Å²) in [5, 5.41) is 0. The minimum atomic E-state index is 0.151. The van der Waals surface area contributed by atoms with Crippen LogP contribution < -0.4 is 0 Å². The van der Waals surface area contributed by atoms with Crippen molar-refractivity contribution in [3.05, 3.63) is 53.1 Å². The number of likely N-dealkylation sites (tertiary alicyclic amines) is 1. The van der Waals surface area contributed by atoms with Crippen LogP contribution in [0.25, 0.3) is 11.0 Å². The van der Waals surface area contributed by atoms with Gasteiger partial charge in [0, 0.05) is 36.9 Å². The van der Waals surface area contributed by atoms with Crippen molar-refractivity contribution >= 4 is 16.9 Å². The van der Waals surface area contributed by atoms with Crippen LogP contribution in [0.5, 0.6) is 0 Å². The molecule has 0 aliphatic carbocycles. The van der Waals surface area contributed by atoms with Crippen molar-refractivity contribution in [2.45, 2.75) is 46.1 Å². The zero-order chi connectivity index (χ0) is 18.3. The van der Waals surface area contributed by atoms with Gasteiger partial charge in [0.05, 0.1) is 16.6 Å². The molecule has 3 aromatic rings. The van der Waals surface area contributed by atoms with Crippen molar-refractivity contribution < 1.29 is 4.79 Å². The number of amides is 1. The maximum absolute atomic E-state index is 13.1. The molecule has 1 unspecified atom stereocenters. The summed E-state index contributed by atoms with van der Waals surface area (Å²) >= 11 is 0. The summed E-state index contributed by atoms with van der Waals surface area (Å²) in [7, 11) is 0. The number of para-hydroxylation sites is 2. The first kappa shape index (κ1) is 16.9. The van der Waals surface area contributed by atoms with Crippen LogP contribution in [0, 0.1) is 13.8 Å². The summed E-state index contributed by atoms with van der Waals surface area (Å²) in [4.78, 5) is 23.3. The Bertz CT molecular complexity index is 919. The summed E-state index contributed by atoms with van der Waals surface area (Å²) in [5.41, 5.74) is 5.13. The highest BCUT2D eigenvalue weighted by molar-refractivity contribution is 5.95. The highest BCUT2D eigenvalue weighted by Crippen LogP contribution is 2.28. The molecule has 1 saturated heterocycles. The van der Waals surface area contributed by atoms with E-state index in [1.165, 1.54) is 0 Å². The van der Waals surface area contributed by atoms with Crippen molar-refractivity contribution in [1.29, 1.82) is 0 Å². The number of benzene rings is 1. The molecule has 1 aromatic carbocycles. The molecule has 1 atom stereocenters. The zero-order valence-corrected chi connectivity index (χ0v) is 15.7. The van der Waals surface area contributed by atoms with E-state index in [0.29, 0.717) is 0 Å². The fraction of sp³-hybridized carbons (Fsp3) is 0.429. The molecule has 0 spiro atoms. The minimum Gasteiger partial charge on any atom is -0.349 e. The van der Waals surface area contributed by atoms with Crippen molar-refractivity contribution in [1.82, 2.24) is 19.4 Å². The molecule has 1 N–H and O–H groups in total. The van der Waals surface area contributed by atoms with E-state index in [2.05, 4.69) is 29.5 Å². The summed E-state index contributed by atoms with van der Waals surface area (Å²) in [6.07, 6.45) is 2.08. The first-order chi connectivity index (χ1) is 12.6. The van der Waals surface area contributed by atoms with E-state index in [9.17, 15) is 4.79 Å². The molecule has 1 aliphatic rings. The van der Waals surface area contributed by atoms with Gasteiger partial charge in [-0.3, -0.25) is 4.79 Å². The molecule has 26 heavy (non-hydrogen) atoms. The number of aromatic nitrogens is 3. The van der Waals surface area contributed by atoms with Gasteiger partial charge in [0.1, 0.15) is 5.82 Å². The molecule has 0 radical (unpaired) electrons. The highest BCUT2D eigenvalue weighted by atomic mass is 16.2. The van der Waals surface area contributed by atoms with Crippen LogP contribution in [-0.4, -0.2) is 38.4 Å². The lowest BCUT2D eigenvalue weighted by molar-refractivity contribution is 0.0704. The first-order valence-electron chi connectivity index (χ1n) is 9.49. The smallest absolute Gasteiger partial charge is 0.255 e.